The highest BCUT2D eigenvalue weighted by atomic mass is 16.5. The highest BCUT2D eigenvalue weighted by molar-refractivity contribution is 4.71. The van der Waals surface area contributed by atoms with E-state index in [0.717, 1.165) is 32.8 Å². The van der Waals surface area contributed by atoms with E-state index in [1.54, 1.807) is 0 Å². The van der Waals surface area contributed by atoms with Crippen molar-refractivity contribution in [3.8, 4) is 0 Å². The molecule has 0 bridgehead atoms. The van der Waals surface area contributed by atoms with Crippen LogP contribution >= 0.6 is 0 Å². The lowest BCUT2D eigenvalue weighted by atomic mass is 10.3. The van der Waals surface area contributed by atoms with E-state index < -0.39 is 0 Å². The van der Waals surface area contributed by atoms with Gasteiger partial charge < -0.3 is 15.2 Å². The fourth-order valence-electron chi connectivity index (χ4n) is 1.34. The van der Waals surface area contributed by atoms with Gasteiger partial charge in [-0.3, -0.25) is 4.90 Å². The monoisotopic (exact) mass is 174 g/mol. The maximum atomic E-state index is 8.94. The third-order valence-electron chi connectivity index (χ3n) is 2.21. The molecule has 0 spiro atoms. The Balaban J connectivity index is 2.18. The highest BCUT2D eigenvalue weighted by Crippen LogP contribution is 1.97. The normalized spacial score (nSPS) is 22.5. The summed E-state index contributed by atoms with van der Waals surface area (Å²) >= 11 is 0. The fourth-order valence-corrected chi connectivity index (χ4v) is 1.34. The minimum absolute atomic E-state index is 0.197. The largest absolute Gasteiger partial charge is 0.395 e. The van der Waals surface area contributed by atoms with E-state index in [1.165, 1.54) is 0 Å². The molecule has 2 N–H and O–H groups in total. The van der Waals surface area contributed by atoms with Crippen LogP contribution in [0, 0.1) is 0 Å². The second-order valence-corrected chi connectivity index (χ2v) is 3.08. The molecule has 1 atom stereocenters. The van der Waals surface area contributed by atoms with E-state index in [0.29, 0.717) is 0 Å². The summed E-state index contributed by atoms with van der Waals surface area (Å²) in [5.41, 5.74) is 0. The molecule has 1 unspecified atom stereocenters. The maximum absolute atomic E-state index is 8.94. The summed E-state index contributed by atoms with van der Waals surface area (Å²) < 4.78 is 5.22. The minimum Gasteiger partial charge on any atom is -0.395 e. The molecule has 0 aromatic heterocycles. The molecule has 0 aromatic carbocycles. The molecule has 72 valence electrons. The van der Waals surface area contributed by atoms with Gasteiger partial charge in [0.05, 0.1) is 19.8 Å². The summed E-state index contributed by atoms with van der Waals surface area (Å²) in [6.45, 7) is 4.73. The Labute approximate surface area is 73.5 Å². The molecule has 0 aliphatic carbocycles. The van der Waals surface area contributed by atoms with Crippen molar-refractivity contribution in [2.75, 3.05) is 46.5 Å². The molecule has 1 fully saturated rings. The van der Waals surface area contributed by atoms with E-state index in [2.05, 4.69) is 10.2 Å². The molecular weight excluding hydrogens is 156 g/mol. The van der Waals surface area contributed by atoms with Gasteiger partial charge in [0.25, 0.3) is 0 Å². The Morgan fingerprint density at radius 1 is 1.50 bits per heavy atom. The summed E-state index contributed by atoms with van der Waals surface area (Å²) in [4.78, 5) is 2.31. The molecule has 1 aliphatic heterocycles. The van der Waals surface area contributed by atoms with Gasteiger partial charge in [-0.25, -0.2) is 0 Å². The number of nitrogens with one attached hydrogen (secondary N) is 1. The molecule has 1 heterocycles. The Morgan fingerprint density at radius 2 is 2.17 bits per heavy atom. The predicted molar refractivity (Wildman–Crippen MR) is 47.2 cm³/mol. The molecule has 0 saturated carbocycles. The van der Waals surface area contributed by atoms with Crippen molar-refractivity contribution in [3.05, 3.63) is 0 Å². The van der Waals surface area contributed by atoms with Crippen LogP contribution in [0.3, 0.4) is 0 Å². The predicted octanol–water partition coefficient (Wildman–Crippen LogP) is -1.10. The van der Waals surface area contributed by atoms with Gasteiger partial charge >= 0.3 is 0 Å². The molecule has 0 amide bonds. The number of hydrogen-bond acceptors (Lipinski definition) is 4. The topological polar surface area (TPSA) is 44.7 Å². The zero-order valence-electron chi connectivity index (χ0n) is 7.62. The average molecular weight is 174 g/mol. The Morgan fingerprint density at radius 3 is 2.67 bits per heavy atom. The summed E-state index contributed by atoms with van der Waals surface area (Å²) in [6.07, 6.45) is 0. The number of aliphatic hydroxyl groups excluding tert-OH is 1. The first-order chi connectivity index (χ1) is 5.86. The Kier molecular flexibility index (Phi) is 4.53. The number of aliphatic hydroxyl groups is 1. The molecular formula is C8H18N2O2. The van der Waals surface area contributed by atoms with Crippen LogP contribution in [0.1, 0.15) is 0 Å². The van der Waals surface area contributed by atoms with Crippen LogP contribution in [0.25, 0.3) is 0 Å². The van der Waals surface area contributed by atoms with Gasteiger partial charge in [-0.2, -0.15) is 0 Å². The lowest BCUT2D eigenvalue weighted by Crippen LogP contribution is -2.46. The van der Waals surface area contributed by atoms with E-state index in [1.807, 2.05) is 7.05 Å². The smallest absolute Gasteiger partial charge is 0.0597 e. The van der Waals surface area contributed by atoms with Gasteiger partial charge in [-0.1, -0.05) is 0 Å². The molecule has 1 saturated heterocycles. The van der Waals surface area contributed by atoms with Crippen LogP contribution in [0.2, 0.25) is 0 Å². The third-order valence-corrected chi connectivity index (χ3v) is 2.21. The van der Waals surface area contributed by atoms with Gasteiger partial charge in [0, 0.05) is 25.7 Å². The first-order valence-corrected chi connectivity index (χ1v) is 4.45. The van der Waals surface area contributed by atoms with Gasteiger partial charge in [-0.15, -0.1) is 0 Å². The van der Waals surface area contributed by atoms with E-state index >= 15 is 0 Å². The zero-order chi connectivity index (χ0) is 8.81. The molecule has 4 nitrogen and oxygen atoms in total. The Hall–Kier alpha value is -0.160. The van der Waals surface area contributed by atoms with E-state index in [-0.39, 0.29) is 12.6 Å². The lowest BCUT2D eigenvalue weighted by molar-refractivity contribution is 0.0304. The van der Waals surface area contributed by atoms with Crippen molar-refractivity contribution in [2.24, 2.45) is 0 Å². The number of morpholine rings is 1. The van der Waals surface area contributed by atoms with Crippen LogP contribution in [0.15, 0.2) is 0 Å². The van der Waals surface area contributed by atoms with Crippen LogP contribution in [-0.4, -0.2) is 62.6 Å². The third kappa shape index (κ3) is 3.06. The zero-order valence-corrected chi connectivity index (χ0v) is 7.62. The number of likely N-dealkylation sites (N-methyl/N-ethyl adjacent to an activating group) is 1. The van der Waals surface area contributed by atoms with Crippen LogP contribution in [0.4, 0.5) is 0 Å². The SMILES string of the molecule is CNC(CO)CN1CCOCC1. The van der Waals surface area contributed by atoms with Crippen molar-refractivity contribution in [1.29, 1.82) is 0 Å². The second-order valence-electron chi connectivity index (χ2n) is 3.08. The summed E-state index contributed by atoms with van der Waals surface area (Å²) in [6, 6.07) is 0.197. The van der Waals surface area contributed by atoms with Crippen molar-refractivity contribution in [1.82, 2.24) is 10.2 Å². The molecule has 1 aliphatic rings. The summed E-state index contributed by atoms with van der Waals surface area (Å²) in [5.74, 6) is 0. The van der Waals surface area contributed by atoms with Gasteiger partial charge in [-0.05, 0) is 7.05 Å². The van der Waals surface area contributed by atoms with Crippen molar-refractivity contribution >= 4 is 0 Å². The quantitative estimate of drug-likeness (QED) is 0.568. The minimum atomic E-state index is 0.197. The summed E-state index contributed by atoms with van der Waals surface area (Å²) in [7, 11) is 1.88. The van der Waals surface area contributed by atoms with E-state index in [4.69, 9.17) is 9.84 Å². The number of rotatable bonds is 4. The summed E-state index contributed by atoms with van der Waals surface area (Å²) in [5, 5.41) is 12.0. The first-order valence-electron chi connectivity index (χ1n) is 4.45. The fraction of sp³-hybridized carbons (Fsp3) is 1.00. The molecule has 0 aromatic rings. The molecule has 12 heavy (non-hydrogen) atoms. The van der Waals surface area contributed by atoms with Crippen molar-refractivity contribution < 1.29 is 9.84 Å². The molecule has 1 rings (SSSR count). The van der Waals surface area contributed by atoms with Crippen LogP contribution < -0.4 is 5.32 Å². The maximum Gasteiger partial charge on any atom is 0.0597 e. The van der Waals surface area contributed by atoms with E-state index in [9.17, 15) is 0 Å². The number of hydrogen-bond donors (Lipinski definition) is 2. The molecule has 0 radical (unpaired) electrons. The highest BCUT2D eigenvalue weighted by Gasteiger charge is 2.14. The van der Waals surface area contributed by atoms with Gasteiger partial charge in [0.15, 0.2) is 0 Å². The van der Waals surface area contributed by atoms with Crippen LogP contribution in [-0.2, 0) is 4.74 Å². The van der Waals surface area contributed by atoms with Crippen molar-refractivity contribution in [2.45, 2.75) is 6.04 Å². The lowest BCUT2D eigenvalue weighted by Gasteiger charge is -2.29. The first kappa shape index (κ1) is 9.92. The average Bonchev–Trinajstić information content (AvgIpc) is 2.16. The number of nitrogens with zero attached hydrogens (tertiary/aromatic N) is 1. The number of ether oxygens (including phenoxy) is 1. The van der Waals surface area contributed by atoms with Gasteiger partial charge in [0.1, 0.15) is 0 Å². The molecule has 4 heteroatoms. The van der Waals surface area contributed by atoms with Crippen molar-refractivity contribution in [3.63, 3.8) is 0 Å². The Bertz CT molecular complexity index is 112. The standard InChI is InChI=1S/C8H18N2O2/c1-9-8(7-11)6-10-2-4-12-5-3-10/h8-9,11H,2-7H2,1H3. The second kappa shape index (κ2) is 5.48. The van der Waals surface area contributed by atoms with Gasteiger partial charge in [0.2, 0.25) is 0 Å². The van der Waals surface area contributed by atoms with Crippen LogP contribution in [0.5, 0.6) is 0 Å².